The molecule has 1 aliphatic heterocycles. The fraction of sp³-hybridized carbons (Fsp3) is 0.455. The van der Waals surface area contributed by atoms with Gasteiger partial charge in [-0.1, -0.05) is 13.8 Å². The van der Waals surface area contributed by atoms with Crippen LogP contribution < -0.4 is 9.47 Å². The number of fused-ring (bicyclic) bond motifs is 1. The number of hydrogen-bond donors (Lipinski definition) is 1. The normalized spacial score (nSPS) is 14.3. The van der Waals surface area contributed by atoms with Gasteiger partial charge in [-0.3, -0.25) is 0 Å². The second-order valence-electron chi connectivity index (χ2n) is 4.32. The quantitative estimate of drug-likeness (QED) is 0.910. The van der Waals surface area contributed by atoms with Gasteiger partial charge in [-0.05, 0) is 15.9 Å². The summed E-state index contributed by atoms with van der Waals surface area (Å²) in [5.74, 6) is 0.481. The Hall–Kier alpha value is -0.810. The molecule has 0 saturated carbocycles. The van der Waals surface area contributed by atoms with Crippen LogP contribution in [0, 0.1) is 5.82 Å². The summed E-state index contributed by atoms with van der Waals surface area (Å²) in [5, 5.41) is 9.29. The van der Waals surface area contributed by atoms with Crippen LogP contribution in [0.4, 0.5) is 4.39 Å². The molecule has 1 aromatic rings. The molecule has 0 bridgehead atoms. The third kappa shape index (κ3) is 1.68. The van der Waals surface area contributed by atoms with Gasteiger partial charge in [0.15, 0.2) is 11.5 Å². The van der Waals surface area contributed by atoms with Crippen molar-refractivity contribution in [1.82, 2.24) is 0 Å². The summed E-state index contributed by atoms with van der Waals surface area (Å²) in [4.78, 5) is 0. The standard InChI is InChI=1S/C11H12BrFO3/c1-11(2,4-14)8-6(13)3-7-10(9(8)12)16-5-15-7/h3,14H,4-5H2,1-2H3. The number of halogens is 2. The SMILES string of the molecule is CC(C)(CO)c1c(F)cc2c(c1Br)OCO2. The summed E-state index contributed by atoms with van der Waals surface area (Å²) < 4.78 is 24.8. The molecule has 0 aromatic heterocycles. The van der Waals surface area contributed by atoms with E-state index in [1.165, 1.54) is 6.07 Å². The molecule has 0 radical (unpaired) electrons. The van der Waals surface area contributed by atoms with Crippen LogP contribution in [-0.4, -0.2) is 18.5 Å². The zero-order valence-electron chi connectivity index (χ0n) is 9.01. The highest BCUT2D eigenvalue weighted by molar-refractivity contribution is 9.10. The van der Waals surface area contributed by atoms with Crippen molar-refractivity contribution < 1.29 is 19.0 Å². The first-order valence-corrected chi connectivity index (χ1v) is 5.65. The average molecular weight is 291 g/mol. The van der Waals surface area contributed by atoms with Gasteiger partial charge in [0, 0.05) is 17.0 Å². The molecule has 0 spiro atoms. The van der Waals surface area contributed by atoms with Crippen LogP contribution in [-0.2, 0) is 5.41 Å². The Morgan fingerprint density at radius 2 is 2.19 bits per heavy atom. The van der Waals surface area contributed by atoms with E-state index in [9.17, 15) is 9.50 Å². The van der Waals surface area contributed by atoms with Crippen LogP contribution >= 0.6 is 15.9 Å². The number of ether oxygens (including phenoxy) is 2. The van der Waals surface area contributed by atoms with E-state index in [4.69, 9.17) is 9.47 Å². The Bertz CT molecular complexity index is 432. The molecule has 0 atom stereocenters. The molecule has 1 heterocycles. The van der Waals surface area contributed by atoms with Crippen LogP contribution in [0.25, 0.3) is 0 Å². The molecule has 0 aliphatic carbocycles. The van der Waals surface area contributed by atoms with E-state index in [0.717, 1.165) is 0 Å². The molecule has 88 valence electrons. The lowest BCUT2D eigenvalue weighted by molar-refractivity contribution is 0.173. The molecule has 2 rings (SSSR count). The highest BCUT2D eigenvalue weighted by atomic mass is 79.9. The number of aliphatic hydroxyl groups is 1. The minimum atomic E-state index is -0.677. The second kappa shape index (κ2) is 3.89. The zero-order valence-corrected chi connectivity index (χ0v) is 10.6. The molecule has 1 aliphatic rings. The van der Waals surface area contributed by atoms with Gasteiger partial charge in [-0.25, -0.2) is 4.39 Å². The van der Waals surface area contributed by atoms with Crippen LogP contribution in [0.3, 0.4) is 0 Å². The molecular formula is C11H12BrFO3. The molecule has 0 fully saturated rings. The minimum Gasteiger partial charge on any atom is -0.453 e. The van der Waals surface area contributed by atoms with Crippen molar-refractivity contribution >= 4 is 15.9 Å². The molecule has 0 saturated heterocycles. The molecule has 0 unspecified atom stereocenters. The van der Waals surface area contributed by atoms with E-state index >= 15 is 0 Å². The molecule has 5 heteroatoms. The Balaban J connectivity index is 2.63. The monoisotopic (exact) mass is 290 g/mol. The summed E-state index contributed by atoms with van der Waals surface area (Å²) in [6.45, 7) is 3.47. The predicted octanol–water partition coefficient (Wildman–Crippen LogP) is 2.59. The van der Waals surface area contributed by atoms with Crippen LogP contribution in [0.5, 0.6) is 11.5 Å². The molecule has 1 N–H and O–H groups in total. The van der Waals surface area contributed by atoms with Crippen molar-refractivity contribution in [2.75, 3.05) is 13.4 Å². The Morgan fingerprint density at radius 1 is 1.50 bits per heavy atom. The number of hydrogen-bond acceptors (Lipinski definition) is 3. The smallest absolute Gasteiger partial charge is 0.231 e. The molecular weight excluding hydrogens is 279 g/mol. The van der Waals surface area contributed by atoms with E-state index in [-0.39, 0.29) is 13.4 Å². The van der Waals surface area contributed by atoms with Gasteiger partial charge in [-0.15, -0.1) is 0 Å². The van der Waals surface area contributed by atoms with Gasteiger partial charge < -0.3 is 14.6 Å². The van der Waals surface area contributed by atoms with Crippen LogP contribution in [0.2, 0.25) is 0 Å². The first-order chi connectivity index (χ1) is 7.47. The summed E-state index contributed by atoms with van der Waals surface area (Å²) in [6.07, 6.45) is 0. The predicted molar refractivity (Wildman–Crippen MR) is 60.3 cm³/mol. The highest BCUT2D eigenvalue weighted by Crippen LogP contribution is 2.45. The highest BCUT2D eigenvalue weighted by Gasteiger charge is 2.31. The molecule has 1 aromatic carbocycles. The molecule has 0 amide bonds. The first-order valence-electron chi connectivity index (χ1n) is 4.86. The zero-order chi connectivity index (χ0) is 11.9. The van der Waals surface area contributed by atoms with E-state index in [2.05, 4.69) is 15.9 Å². The first kappa shape index (κ1) is 11.7. The minimum absolute atomic E-state index is 0.0936. The summed E-state index contributed by atoms with van der Waals surface area (Å²) in [7, 11) is 0. The molecule has 3 nitrogen and oxygen atoms in total. The fourth-order valence-corrected chi connectivity index (χ4v) is 2.71. The Labute approximate surface area is 101 Å². The lowest BCUT2D eigenvalue weighted by Gasteiger charge is -2.24. The van der Waals surface area contributed by atoms with Crippen molar-refractivity contribution in [3.05, 3.63) is 21.9 Å². The van der Waals surface area contributed by atoms with Gasteiger partial charge >= 0.3 is 0 Å². The van der Waals surface area contributed by atoms with Gasteiger partial charge in [0.1, 0.15) is 5.82 Å². The van der Waals surface area contributed by atoms with Crippen molar-refractivity contribution in [3.8, 4) is 11.5 Å². The van der Waals surface area contributed by atoms with Crippen molar-refractivity contribution in [3.63, 3.8) is 0 Å². The van der Waals surface area contributed by atoms with Crippen molar-refractivity contribution in [1.29, 1.82) is 0 Å². The number of benzene rings is 1. The third-order valence-corrected chi connectivity index (χ3v) is 3.39. The van der Waals surface area contributed by atoms with E-state index in [1.807, 2.05) is 0 Å². The topological polar surface area (TPSA) is 38.7 Å². The van der Waals surface area contributed by atoms with Crippen LogP contribution in [0.15, 0.2) is 10.5 Å². The van der Waals surface area contributed by atoms with Gasteiger partial charge in [-0.2, -0.15) is 0 Å². The van der Waals surface area contributed by atoms with Gasteiger partial charge in [0.05, 0.1) is 11.1 Å². The van der Waals surface area contributed by atoms with Gasteiger partial charge in [0.25, 0.3) is 0 Å². The number of rotatable bonds is 2. The van der Waals surface area contributed by atoms with Crippen LogP contribution in [0.1, 0.15) is 19.4 Å². The molecule has 16 heavy (non-hydrogen) atoms. The van der Waals surface area contributed by atoms with Crippen molar-refractivity contribution in [2.45, 2.75) is 19.3 Å². The van der Waals surface area contributed by atoms with Crippen molar-refractivity contribution in [2.24, 2.45) is 0 Å². The van der Waals surface area contributed by atoms with E-state index in [1.54, 1.807) is 13.8 Å². The largest absolute Gasteiger partial charge is 0.453 e. The summed E-state index contributed by atoms with van der Waals surface area (Å²) in [5.41, 5.74) is -0.275. The van der Waals surface area contributed by atoms with E-state index in [0.29, 0.717) is 21.5 Å². The second-order valence-corrected chi connectivity index (χ2v) is 5.12. The van der Waals surface area contributed by atoms with Gasteiger partial charge in [0.2, 0.25) is 6.79 Å². The maximum absolute atomic E-state index is 13.9. The number of aliphatic hydroxyl groups excluding tert-OH is 1. The maximum atomic E-state index is 13.9. The summed E-state index contributed by atoms with van der Waals surface area (Å²) >= 11 is 3.30. The lowest BCUT2D eigenvalue weighted by atomic mass is 9.85. The summed E-state index contributed by atoms with van der Waals surface area (Å²) in [6, 6.07) is 1.29. The Kier molecular flexibility index (Phi) is 2.84. The Morgan fingerprint density at radius 3 is 2.81 bits per heavy atom. The fourth-order valence-electron chi connectivity index (χ4n) is 1.67. The van der Waals surface area contributed by atoms with E-state index < -0.39 is 11.2 Å². The maximum Gasteiger partial charge on any atom is 0.231 e. The average Bonchev–Trinajstić information content (AvgIpc) is 2.65. The third-order valence-electron chi connectivity index (χ3n) is 2.63. The lowest BCUT2D eigenvalue weighted by Crippen LogP contribution is -2.24.